The van der Waals surface area contributed by atoms with Crippen molar-refractivity contribution in [1.82, 2.24) is 4.98 Å². The first-order valence-electron chi connectivity index (χ1n) is 10.4. The van der Waals surface area contributed by atoms with Crippen LogP contribution in [0.15, 0.2) is 42.5 Å². The number of thiazole rings is 1. The number of hydrogen-bond acceptors (Lipinski definition) is 6. The molecule has 1 fully saturated rings. The molecule has 176 valence electrons. The molecule has 3 aromatic rings. The monoisotopic (exact) mass is 481 g/mol. The van der Waals surface area contributed by atoms with Crippen LogP contribution in [0.1, 0.15) is 19.8 Å². The molecule has 0 bridgehead atoms. The number of ether oxygens (including phenoxy) is 3. The standard InChI is InChI=1S/C22H22F3N3O4S/c1-2-30-18-8-4-3-7-16(18)26-20(29)28(13-15-6-5-11-31-15)21-27-17-10-9-14(12-19(17)33-21)32-22(23,24)25/h3-4,7-10,12,15H,2,5-6,11,13H2,1H3,(H,26,29). The second-order valence-corrected chi connectivity index (χ2v) is 8.29. The summed E-state index contributed by atoms with van der Waals surface area (Å²) in [5, 5.41) is 3.20. The number of benzene rings is 2. The number of carbonyl (C=O) groups excluding carboxylic acids is 1. The number of nitrogens with one attached hydrogen (secondary N) is 1. The van der Waals surface area contributed by atoms with Gasteiger partial charge in [-0.25, -0.2) is 9.78 Å². The molecule has 1 saturated heterocycles. The van der Waals surface area contributed by atoms with Gasteiger partial charge < -0.3 is 19.5 Å². The molecule has 1 atom stereocenters. The Kier molecular flexibility index (Phi) is 6.89. The van der Waals surface area contributed by atoms with Crippen LogP contribution in [0.2, 0.25) is 0 Å². The lowest BCUT2D eigenvalue weighted by Gasteiger charge is -2.24. The molecule has 0 saturated carbocycles. The number of rotatable bonds is 7. The van der Waals surface area contributed by atoms with E-state index >= 15 is 0 Å². The Labute approximate surface area is 192 Å². The Morgan fingerprint density at radius 3 is 2.85 bits per heavy atom. The summed E-state index contributed by atoms with van der Waals surface area (Å²) in [6.45, 7) is 3.16. The summed E-state index contributed by atoms with van der Waals surface area (Å²) in [4.78, 5) is 19.2. The van der Waals surface area contributed by atoms with Crippen LogP contribution in [-0.2, 0) is 4.74 Å². The molecule has 33 heavy (non-hydrogen) atoms. The van der Waals surface area contributed by atoms with E-state index in [-0.39, 0.29) is 18.4 Å². The van der Waals surface area contributed by atoms with Crippen LogP contribution >= 0.6 is 11.3 Å². The normalized spacial score (nSPS) is 16.1. The highest BCUT2D eigenvalue weighted by molar-refractivity contribution is 7.22. The highest BCUT2D eigenvalue weighted by atomic mass is 32.1. The van der Waals surface area contributed by atoms with Crippen LogP contribution in [-0.4, -0.2) is 43.2 Å². The second kappa shape index (κ2) is 9.84. The average molecular weight is 481 g/mol. The van der Waals surface area contributed by atoms with Crippen LogP contribution in [0.4, 0.5) is 28.8 Å². The molecule has 1 aliphatic rings. The minimum Gasteiger partial charge on any atom is -0.492 e. The molecule has 4 rings (SSSR count). The SMILES string of the molecule is CCOc1ccccc1NC(=O)N(CC1CCCO1)c1nc2ccc(OC(F)(F)F)cc2s1. The molecule has 1 N–H and O–H groups in total. The Hall–Kier alpha value is -3.05. The van der Waals surface area contributed by atoms with Crippen LogP contribution in [0.3, 0.4) is 0 Å². The van der Waals surface area contributed by atoms with Crippen molar-refractivity contribution in [2.24, 2.45) is 0 Å². The van der Waals surface area contributed by atoms with Gasteiger partial charge in [-0.1, -0.05) is 23.5 Å². The molecule has 2 amide bonds. The molecule has 1 aliphatic heterocycles. The number of fused-ring (bicyclic) bond motifs is 1. The van der Waals surface area contributed by atoms with Gasteiger partial charge in [0.05, 0.1) is 35.2 Å². The third kappa shape index (κ3) is 5.85. The van der Waals surface area contributed by atoms with E-state index < -0.39 is 12.4 Å². The van der Waals surface area contributed by atoms with Gasteiger partial charge in [-0.05, 0) is 44.0 Å². The predicted molar refractivity (Wildman–Crippen MR) is 119 cm³/mol. The first-order chi connectivity index (χ1) is 15.8. The van der Waals surface area contributed by atoms with Crippen molar-refractivity contribution in [3.63, 3.8) is 0 Å². The van der Waals surface area contributed by atoms with Crippen LogP contribution in [0, 0.1) is 0 Å². The van der Waals surface area contributed by atoms with Gasteiger partial charge in [-0.15, -0.1) is 13.2 Å². The van der Waals surface area contributed by atoms with Crippen molar-refractivity contribution >= 4 is 38.4 Å². The van der Waals surface area contributed by atoms with Crippen molar-refractivity contribution < 1.29 is 32.2 Å². The fraction of sp³-hybridized carbons (Fsp3) is 0.364. The number of para-hydroxylation sites is 2. The van der Waals surface area contributed by atoms with Crippen LogP contribution < -0.4 is 19.7 Å². The molecule has 0 spiro atoms. The highest BCUT2D eigenvalue weighted by Gasteiger charge is 2.31. The van der Waals surface area contributed by atoms with Crippen molar-refractivity contribution in [2.45, 2.75) is 32.2 Å². The summed E-state index contributed by atoms with van der Waals surface area (Å²) in [5.74, 6) is 0.189. The van der Waals surface area contributed by atoms with Gasteiger partial charge in [0.1, 0.15) is 11.5 Å². The quantitative estimate of drug-likeness (QED) is 0.461. The molecular weight excluding hydrogens is 459 g/mol. The Balaban J connectivity index is 1.62. The van der Waals surface area contributed by atoms with Gasteiger partial charge in [0.15, 0.2) is 5.13 Å². The number of carbonyl (C=O) groups is 1. The van der Waals surface area contributed by atoms with Gasteiger partial charge >= 0.3 is 12.4 Å². The molecule has 0 radical (unpaired) electrons. The largest absolute Gasteiger partial charge is 0.573 e. The average Bonchev–Trinajstić information content (AvgIpc) is 3.41. The van der Waals surface area contributed by atoms with E-state index in [9.17, 15) is 18.0 Å². The van der Waals surface area contributed by atoms with Gasteiger partial charge in [-0.3, -0.25) is 4.90 Å². The van der Waals surface area contributed by atoms with Gasteiger partial charge in [-0.2, -0.15) is 0 Å². The van der Waals surface area contributed by atoms with Crippen LogP contribution in [0.5, 0.6) is 11.5 Å². The lowest BCUT2D eigenvalue weighted by atomic mass is 10.2. The summed E-state index contributed by atoms with van der Waals surface area (Å²) in [7, 11) is 0. The Morgan fingerprint density at radius 1 is 1.30 bits per heavy atom. The van der Waals surface area contributed by atoms with Gasteiger partial charge in [0.25, 0.3) is 0 Å². The van der Waals surface area contributed by atoms with E-state index in [0.717, 1.165) is 24.2 Å². The summed E-state index contributed by atoms with van der Waals surface area (Å²) >= 11 is 1.10. The minimum absolute atomic E-state index is 0.158. The smallest absolute Gasteiger partial charge is 0.492 e. The summed E-state index contributed by atoms with van der Waals surface area (Å²) in [6.07, 6.45) is -3.26. The maximum absolute atomic E-state index is 13.3. The third-order valence-electron chi connectivity index (χ3n) is 4.90. The molecule has 2 aromatic carbocycles. The third-order valence-corrected chi connectivity index (χ3v) is 5.94. The predicted octanol–water partition coefficient (Wildman–Crippen LogP) is 5.81. The fourth-order valence-electron chi connectivity index (χ4n) is 3.48. The van der Waals surface area contributed by atoms with E-state index in [1.54, 1.807) is 24.3 Å². The number of halogens is 3. The van der Waals surface area contributed by atoms with E-state index in [1.165, 1.54) is 23.1 Å². The molecule has 2 heterocycles. The zero-order valence-corrected chi connectivity index (χ0v) is 18.5. The number of alkyl halides is 3. The van der Waals surface area contributed by atoms with E-state index in [4.69, 9.17) is 9.47 Å². The van der Waals surface area contributed by atoms with Crippen molar-refractivity contribution in [1.29, 1.82) is 0 Å². The number of aromatic nitrogens is 1. The van der Waals surface area contributed by atoms with Gasteiger partial charge in [0, 0.05) is 12.7 Å². The molecule has 0 aliphatic carbocycles. The van der Waals surface area contributed by atoms with Crippen molar-refractivity contribution in [3.05, 3.63) is 42.5 Å². The van der Waals surface area contributed by atoms with Crippen molar-refractivity contribution in [2.75, 3.05) is 30.0 Å². The van der Waals surface area contributed by atoms with Crippen molar-refractivity contribution in [3.8, 4) is 11.5 Å². The lowest BCUT2D eigenvalue weighted by molar-refractivity contribution is -0.274. The molecule has 1 unspecified atom stereocenters. The summed E-state index contributed by atoms with van der Waals surface area (Å²) in [6, 6.07) is 10.5. The zero-order valence-electron chi connectivity index (χ0n) is 17.7. The highest BCUT2D eigenvalue weighted by Crippen LogP contribution is 2.34. The molecule has 1 aromatic heterocycles. The Bertz CT molecular complexity index is 1120. The minimum atomic E-state index is -4.79. The summed E-state index contributed by atoms with van der Waals surface area (Å²) in [5.41, 5.74) is 0.966. The number of hydrogen-bond donors (Lipinski definition) is 1. The number of amides is 2. The number of nitrogens with zero attached hydrogens (tertiary/aromatic N) is 2. The second-order valence-electron chi connectivity index (χ2n) is 7.28. The van der Waals surface area contributed by atoms with E-state index in [2.05, 4.69) is 15.0 Å². The number of urea groups is 1. The molecule has 7 nitrogen and oxygen atoms in total. The first kappa shape index (κ1) is 23.1. The van der Waals surface area contributed by atoms with E-state index in [0.29, 0.717) is 40.0 Å². The van der Waals surface area contributed by atoms with Gasteiger partial charge in [0.2, 0.25) is 0 Å². The summed E-state index contributed by atoms with van der Waals surface area (Å²) < 4.78 is 53.5. The fourth-order valence-corrected chi connectivity index (χ4v) is 4.48. The van der Waals surface area contributed by atoms with E-state index in [1.807, 2.05) is 6.92 Å². The Morgan fingerprint density at radius 2 is 2.12 bits per heavy atom. The zero-order chi connectivity index (χ0) is 23.4. The first-order valence-corrected chi connectivity index (χ1v) is 11.2. The molecular formula is C22H22F3N3O4S. The topological polar surface area (TPSA) is 72.9 Å². The maximum Gasteiger partial charge on any atom is 0.573 e. The molecule has 11 heteroatoms. The van der Waals surface area contributed by atoms with Crippen LogP contribution in [0.25, 0.3) is 10.2 Å². The number of anilines is 2. The maximum atomic E-state index is 13.3. The lowest BCUT2D eigenvalue weighted by Crippen LogP contribution is -2.40.